The van der Waals surface area contributed by atoms with Gasteiger partial charge >= 0.3 is 0 Å². The van der Waals surface area contributed by atoms with Crippen molar-refractivity contribution in [1.29, 1.82) is 0 Å². The molecule has 2 rings (SSSR count). The van der Waals surface area contributed by atoms with Gasteiger partial charge in [-0.25, -0.2) is 0 Å². The van der Waals surface area contributed by atoms with Gasteiger partial charge < -0.3 is 15.8 Å². The normalized spacial score (nSPS) is 23.6. The Bertz CT molecular complexity index is 437. The highest BCUT2D eigenvalue weighted by molar-refractivity contribution is 9.10. The van der Waals surface area contributed by atoms with Gasteiger partial charge in [0.25, 0.3) is 0 Å². The van der Waals surface area contributed by atoms with E-state index in [1.54, 1.807) is 12.1 Å². The maximum Gasteiger partial charge on any atom is 0.230 e. The molecule has 0 spiro atoms. The lowest BCUT2D eigenvalue weighted by atomic mass is 10.0. The van der Waals surface area contributed by atoms with Crippen LogP contribution in [0.1, 0.15) is 13.3 Å². The molecule has 1 saturated heterocycles. The molecular weight excluding hydrogens is 284 g/mol. The number of nitrogen functional groups attached to an aromatic ring is 1. The lowest BCUT2D eigenvalue weighted by Gasteiger charge is -2.15. The highest BCUT2D eigenvalue weighted by Crippen LogP contribution is 2.26. The summed E-state index contributed by atoms with van der Waals surface area (Å²) in [6.07, 6.45) is 0.746. The average Bonchev–Trinajstić information content (AvgIpc) is 2.68. The zero-order chi connectivity index (χ0) is 12.4. The highest BCUT2D eigenvalue weighted by Gasteiger charge is 2.30. The molecule has 2 unspecified atom stereocenters. The molecule has 5 heteroatoms. The Morgan fingerprint density at radius 2 is 2.35 bits per heavy atom. The second-order valence-corrected chi connectivity index (χ2v) is 5.11. The minimum Gasteiger partial charge on any atom is -0.397 e. The van der Waals surface area contributed by atoms with Gasteiger partial charge in [-0.05, 0) is 31.5 Å². The monoisotopic (exact) mass is 298 g/mol. The Labute approximate surface area is 109 Å². The van der Waals surface area contributed by atoms with E-state index < -0.39 is 0 Å². The lowest BCUT2D eigenvalue weighted by molar-refractivity contribution is -0.121. The number of anilines is 2. The quantitative estimate of drug-likeness (QED) is 0.824. The number of rotatable bonds is 2. The molecule has 17 heavy (non-hydrogen) atoms. The minimum atomic E-state index is -0.0851. The van der Waals surface area contributed by atoms with Crippen molar-refractivity contribution in [2.75, 3.05) is 17.7 Å². The molecule has 0 saturated carbocycles. The molecular formula is C12H15BrN2O2. The summed E-state index contributed by atoms with van der Waals surface area (Å²) in [6.45, 7) is 2.57. The SMILES string of the molecule is CC1OCCC1C(=O)Nc1ccc(Br)cc1N. The smallest absolute Gasteiger partial charge is 0.230 e. The third kappa shape index (κ3) is 2.79. The van der Waals surface area contributed by atoms with E-state index in [4.69, 9.17) is 10.5 Å². The second kappa shape index (κ2) is 5.06. The van der Waals surface area contributed by atoms with Crippen molar-refractivity contribution in [3.63, 3.8) is 0 Å². The number of carbonyl (C=O) groups is 1. The van der Waals surface area contributed by atoms with Gasteiger partial charge in [-0.1, -0.05) is 15.9 Å². The van der Waals surface area contributed by atoms with Gasteiger partial charge in [-0.15, -0.1) is 0 Å². The maximum absolute atomic E-state index is 12.0. The zero-order valence-corrected chi connectivity index (χ0v) is 11.2. The van der Waals surface area contributed by atoms with E-state index in [1.165, 1.54) is 0 Å². The van der Waals surface area contributed by atoms with Crippen LogP contribution in [-0.4, -0.2) is 18.6 Å². The van der Waals surface area contributed by atoms with Crippen LogP contribution in [0.25, 0.3) is 0 Å². The summed E-state index contributed by atoms with van der Waals surface area (Å²) >= 11 is 3.33. The van der Waals surface area contributed by atoms with Crippen LogP contribution in [0.2, 0.25) is 0 Å². The minimum absolute atomic E-state index is 0.0216. The van der Waals surface area contributed by atoms with E-state index in [0.29, 0.717) is 18.0 Å². The van der Waals surface area contributed by atoms with Gasteiger partial charge in [0.15, 0.2) is 0 Å². The first-order chi connectivity index (χ1) is 8.08. The maximum atomic E-state index is 12.0. The van der Waals surface area contributed by atoms with Gasteiger partial charge in [0.1, 0.15) is 0 Å². The number of nitrogens with one attached hydrogen (secondary N) is 1. The van der Waals surface area contributed by atoms with Gasteiger partial charge in [0, 0.05) is 11.1 Å². The molecule has 1 amide bonds. The van der Waals surface area contributed by atoms with Crippen LogP contribution in [0.5, 0.6) is 0 Å². The molecule has 1 heterocycles. The Morgan fingerprint density at radius 1 is 1.59 bits per heavy atom. The fraction of sp³-hybridized carbons (Fsp3) is 0.417. The molecule has 1 fully saturated rings. The number of amides is 1. The third-order valence-electron chi connectivity index (χ3n) is 2.98. The van der Waals surface area contributed by atoms with Crippen molar-refractivity contribution >= 4 is 33.2 Å². The summed E-state index contributed by atoms with van der Waals surface area (Å²) in [5, 5.41) is 2.84. The van der Waals surface area contributed by atoms with E-state index in [2.05, 4.69) is 21.2 Å². The summed E-state index contributed by atoms with van der Waals surface area (Å²) < 4.78 is 6.27. The van der Waals surface area contributed by atoms with Gasteiger partial charge in [0.05, 0.1) is 23.4 Å². The molecule has 2 atom stereocenters. The van der Waals surface area contributed by atoms with Crippen molar-refractivity contribution in [3.8, 4) is 0 Å². The number of ether oxygens (including phenoxy) is 1. The molecule has 0 bridgehead atoms. The van der Waals surface area contributed by atoms with Gasteiger partial charge in [0.2, 0.25) is 5.91 Å². The topological polar surface area (TPSA) is 64.3 Å². The number of hydrogen-bond donors (Lipinski definition) is 2. The zero-order valence-electron chi connectivity index (χ0n) is 9.57. The number of nitrogens with two attached hydrogens (primary N) is 1. The largest absolute Gasteiger partial charge is 0.397 e. The van der Waals surface area contributed by atoms with E-state index in [9.17, 15) is 4.79 Å². The fourth-order valence-electron chi connectivity index (χ4n) is 1.95. The standard InChI is InChI=1S/C12H15BrN2O2/c1-7-9(4-5-17-7)12(16)15-11-3-2-8(13)6-10(11)14/h2-3,6-7,9H,4-5,14H2,1H3,(H,15,16). The number of benzene rings is 1. The molecule has 4 nitrogen and oxygen atoms in total. The van der Waals surface area contributed by atoms with E-state index >= 15 is 0 Å². The second-order valence-electron chi connectivity index (χ2n) is 4.19. The molecule has 1 aromatic rings. The molecule has 0 aliphatic carbocycles. The summed E-state index contributed by atoms with van der Waals surface area (Å²) in [7, 11) is 0. The van der Waals surface area contributed by atoms with Crippen molar-refractivity contribution in [2.24, 2.45) is 5.92 Å². The molecule has 1 aliphatic heterocycles. The van der Waals surface area contributed by atoms with E-state index in [1.807, 2.05) is 13.0 Å². The van der Waals surface area contributed by atoms with Crippen LogP contribution >= 0.6 is 15.9 Å². The molecule has 3 N–H and O–H groups in total. The Kier molecular flexibility index (Phi) is 3.69. The molecule has 1 aromatic carbocycles. The summed E-state index contributed by atoms with van der Waals surface area (Å²) in [5.41, 5.74) is 7.03. The molecule has 1 aliphatic rings. The van der Waals surface area contributed by atoms with Crippen LogP contribution in [0.3, 0.4) is 0 Å². The van der Waals surface area contributed by atoms with Crippen LogP contribution < -0.4 is 11.1 Å². The summed E-state index contributed by atoms with van der Waals surface area (Å²) in [5.74, 6) is -0.109. The Morgan fingerprint density at radius 3 is 2.94 bits per heavy atom. The molecule has 0 radical (unpaired) electrons. The number of carbonyl (C=O) groups excluding carboxylic acids is 1. The first-order valence-electron chi connectivity index (χ1n) is 5.55. The third-order valence-corrected chi connectivity index (χ3v) is 3.48. The fourth-order valence-corrected chi connectivity index (χ4v) is 2.33. The summed E-state index contributed by atoms with van der Waals surface area (Å²) in [4.78, 5) is 12.0. The van der Waals surface area contributed by atoms with Gasteiger partial charge in [-0.3, -0.25) is 4.79 Å². The van der Waals surface area contributed by atoms with Crippen LogP contribution in [0.15, 0.2) is 22.7 Å². The molecule has 92 valence electrons. The van der Waals surface area contributed by atoms with Crippen molar-refractivity contribution < 1.29 is 9.53 Å². The van der Waals surface area contributed by atoms with Crippen LogP contribution in [0, 0.1) is 5.92 Å². The Hall–Kier alpha value is -1.07. The van der Waals surface area contributed by atoms with Crippen molar-refractivity contribution in [3.05, 3.63) is 22.7 Å². The number of halogens is 1. The van der Waals surface area contributed by atoms with Crippen molar-refractivity contribution in [1.82, 2.24) is 0 Å². The molecule has 0 aromatic heterocycles. The first kappa shape index (κ1) is 12.4. The van der Waals surface area contributed by atoms with Crippen molar-refractivity contribution in [2.45, 2.75) is 19.4 Å². The average molecular weight is 299 g/mol. The van der Waals surface area contributed by atoms with Crippen LogP contribution in [-0.2, 0) is 9.53 Å². The van der Waals surface area contributed by atoms with E-state index in [0.717, 1.165) is 10.9 Å². The lowest BCUT2D eigenvalue weighted by Crippen LogP contribution is -2.28. The van der Waals surface area contributed by atoms with Gasteiger partial charge in [-0.2, -0.15) is 0 Å². The summed E-state index contributed by atoms with van der Waals surface area (Å²) in [6, 6.07) is 5.41. The highest BCUT2D eigenvalue weighted by atomic mass is 79.9. The predicted octanol–water partition coefficient (Wildman–Crippen LogP) is 2.39. The first-order valence-corrected chi connectivity index (χ1v) is 6.34. The van der Waals surface area contributed by atoms with Crippen LogP contribution in [0.4, 0.5) is 11.4 Å². The Balaban J connectivity index is 2.07. The number of hydrogen-bond acceptors (Lipinski definition) is 3. The predicted molar refractivity (Wildman–Crippen MR) is 70.7 cm³/mol. The van der Waals surface area contributed by atoms with E-state index in [-0.39, 0.29) is 17.9 Å².